The minimum Gasteiger partial charge on any atom is -0.437 e. The number of nitrogens with zero attached hydrogens (tertiary/aromatic N) is 2. The van der Waals surface area contributed by atoms with Crippen molar-refractivity contribution < 1.29 is 4.74 Å². The maximum absolute atomic E-state index is 6.14. The molecule has 3 aromatic rings. The number of anilines is 1. The van der Waals surface area contributed by atoms with Crippen molar-refractivity contribution in [1.82, 2.24) is 9.97 Å². The van der Waals surface area contributed by atoms with E-state index in [-0.39, 0.29) is 0 Å². The third kappa shape index (κ3) is 3.05. The fourth-order valence-electron chi connectivity index (χ4n) is 1.81. The average molecular weight is 340 g/mol. The van der Waals surface area contributed by atoms with Crippen LogP contribution in [0, 0.1) is 0 Å². The molecule has 0 spiro atoms. The summed E-state index contributed by atoms with van der Waals surface area (Å²) in [5, 5.41) is 6.89. The average Bonchev–Trinajstić information content (AvgIpc) is 2.91. The lowest BCUT2D eigenvalue weighted by molar-refractivity contribution is 0.469. The quantitative estimate of drug-likeness (QED) is 0.707. The SMILES string of the molecule is CCNc1nc(Oc2ccc(Cl)cc2Cl)c2ccsc2n1. The van der Waals surface area contributed by atoms with E-state index < -0.39 is 0 Å². The molecule has 0 amide bonds. The van der Waals surface area contributed by atoms with E-state index in [0.29, 0.717) is 27.6 Å². The van der Waals surface area contributed by atoms with Gasteiger partial charge in [0.05, 0.1) is 10.4 Å². The Kier molecular flexibility index (Phi) is 4.14. The van der Waals surface area contributed by atoms with Crippen LogP contribution in [0.1, 0.15) is 6.92 Å². The lowest BCUT2D eigenvalue weighted by Gasteiger charge is -2.09. The van der Waals surface area contributed by atoms with Crippen molar-refractivity contribution in [1.29, 1.82) is 0 Å². The molecular weight excluding hydrogens is 329 g/mol. The van der Waals surface area contributed by atoms with Gasteiger partial charge >= 0.3 is 0 Å². The van der Waals surface area contributed by atoms with Gasteiger partial charge in [0.15, 0.2) is 0 Å². The number of hydrogen-bond donors (Lipinski definition) is 1. The number of hydrogen-bond acceptors (Lipinski definition) is 5. The minimum absolute atomic E-state index is 0.439. The molecular formula is C14H11Cl2N3OS. The van der Waals surface area contributed by atoms with E-state index in [9.17, 15) is 0 Å². The molecule has 108 valence electrons. The fourth-order valence-corrected chi connectivity index (χ4v) is 3.01. The number of benzene rings is 1. The molecule has 0 aliphatic rings. The second-order valence-electron chi connectivity index (χ2n) is 4.20. The standard InChI is InChI=1S/C14H11Cl2N3OS/c1-2-17-14-18-12(9-5-6-21-13(9)19-14)20-11-4-3-8(15)7-10(11)16/h3-7H,2H2,1H3,(H,17,18,19). The Morgan fingerprint density at radius 2 is 2.10 bits per heavy atom. The number of aromatic nitrogens is 2. The highest BCUT2D eigenvalue weighted by Gasteiger charge is 2.12. The second kappa shape index (κ2) is 6.05. The topological polar surface area (TPSA) is 47.0 Å². The van der Waals surface area contributed by atoms with Crippen molar-refractivity contribution >= 4 is 50.7 Å². The van der Waals surface area contributed by atoms with Crippen LogP contribution in [0.15, 0.2) is 29.6 Å². The van der Waals surface area contributed by atoms with Gasteiger partial charge in [-0.25, -0.2) is 4.98 Å². The third-order valence-electron chi connectivity index (χ3n) is 2.73. The van der Waals surface area contributed by atoms with Crippen molar-refractivity contribution in [3.63, 3.8) is 0 Å². The first-order valence-corrected chi connectivity index (χ1v) is 7.93. The molecule has 1 aromatic carbocycles. The summed E-state index contributed by atoms with van der Waals surface area (Å²) in [6.07, 6.45) is 0. The van der Waals surface area contributed by atoms with E-state index >= 15 is 0 Å². The number of halogens is 2. The first kappa shape index (κ1) is 14.4. The normalized spacial score (nSPS) is 10.8. The summed E-state index contributed by atoms with van der Waals surface area (Å²) in [6, 6.07) is 7.00. The Morgan fingerprint density at radius 3 is 2.86 bits per heavy atom. The van der Waals surface area contributed by atoms with Crippen LogP contribution in [0.25, 0.3) is 10.2 Å². The predicted octanol–water partition coefficient (Wildman–Crippen LogP) is 5.22. The molecule has 0 saturated carbocycles. The number of nitrogens with one attached hydrogen (secondary N) is 1. The molecule has 0 radical (unpaired) electrons. The molecule has 0 aliphatic heterocycles. The van der Waals surface area contributed by atoms with Gasteiger partial charge in [-0.05, 0) is 36.6 Å². The Balaban J connectivity index is 2.04. The fraction of sp³-hybridized carbons (Fsp3) is 0.143. The summed E-state index contributed by atoms with van der Waals surface area (Å²) in [4.78, 5) is 9.68. The lowest BCUT2D eigenvalue weighted by atomic mass is 10.3. The summed E-state index contributed by atoms with van der Waals surface area (Å²) in [5.74, 6) is 1.52. The molecule has 0 aliphatic carbocycles. The van der Waals surface area contributed by atoms with Gasteiger partial charge in [0, 0.05) is 11.6 Å². The number of fused-ring (bicyclic) bond motifs is 1. The Morgan fingerprint density at radius 1 is 1.24 bits per heavy atom. The molecule has 0 bridgehead atoms. The van der Waals surface area contributed by atoms with Crippen LogP contribution < -0.4 is 10.1 Å². The molecule has 0 atom stereocenters. The van der Waals surface area contributed by atoms with E-state index in [2.05, 4.69) is 15.3 Å². The van der Waals surface area contributed by atoms with Crippen molar-refractivity contribution in [2.75, 3.05) is 11.9 Å². The van der Waals surface area contributed by atoms with Gasteiger partial charge in [0.2, 0.25) is 11.8 Å². The summed E-state index contributed by atoms with van der Waals surface area (Å²) in [7, 11) is 0. The van der Waals surface area contributed by atoms with Gasteiger partial charge in [-0.1, -0.05) is 23.2 Å². The van der Waals surface area contributed by atoms with Crippen molar-refractivity contribution in [2.45, 2.75) is 6.92 Å². The van der Waals surface area contributed by atoms with E-state index in [0.717, 1.165) is 16.8 Å². The van der Waals surface area contributed by atoms with Crippen LogP contribution in [-0.4, -0.2) is 16.5 Å². The lowest BCUT2D eigenvalue weighted by Crippen LogP contribution is -2.03. The Hall–Kier alpha value is -1.56. The third-order valence-corrected chi connectivity index (χ3v) is 4.06. The van der Waals surface area contributed by atoms with Gasteiger partial charge in [0.1, 0.15) is 10.6 Å². The van der Waals surface area contributed by atoms with Crippen molar-refractivity contribution in [3.8, 4) is 11.6 Å². The van der Waals surface area contributed by atoms with Gasteiger partial charge in [-0.15, -0.1) is 11.3 Å². The molecule has 3 rings (SSSR count). The summed E-state index contributed by atoms with van der Waals surface area (Å²) in [6.45, 7) is 2.72. The zero-order valence-electron chi connectivity index (χ0n) is 11.1. The molecule has 0 unspecified atom stereocenters. The van der Waals surface area contributed by atoms with E-state index in [1.54, 1.807) is 18.2 Å². The highest BCUT2D eigenvalue weighted by molar-refractivity contribution is 7.16. The Bertz CT molecular complexity index is 791. The first-order valence-electron chi connectivity index (χ1n) is 6.29. The molecule has 2 aromatic heterocycles. The van der Waals surface area contributed by atoms with Gasteiger partial charge in [0.25, 0.3) is 0 Å². The highest BCUT2D eigenvalue weighted by Crippen LogP contribution is 2.35. The van der Waals surface area contributed by atoms with Crippen molar-refractivity contribution in [3.05, 3.63) is 39.7 Å². The van der Waals surface area contributed by atoms with Gasteiger partial charge in [-0.3, -0.25) is 0 Å². The summed E-state index contributed by atoms with van der Waals surface area (Å²) in [5.41, 5.74) is 0. The zero-order valence-corrected chi connectivity index (χ0v) is 13.4. The molecule has 7 heteroatoms. The molecule has 1 N–H and O–H groups in total. The molecule has 4 nitrogen and oxygen atoms in total. The van der Waals surface area contributed by atoms with Crippen LogP contribution in [0.4, 0.5) is 5.95 Å². The van der Waals surface area contributed by atoms with Crippen LogP contribution in [0.2, 0.25) is 10.0 Å². The largest absolute Gasteiger partial charge is 0.437 e. The van der Waals surface area contributed by atoms with E-state index in [1.807, 2.05) is 18.4 Å². The van der Waals surface area contributed by atoms with Gasteiger partial charge < -0.3 is 10.1 Å². The van der Waals surface area contributed by atoms with E-state index in [1.165, 1.54) is 11.3 Å². The number of rotatable bonds is 4. The number of thiophene rings is 1. The molecule has 2 heterocycles. The summed E-state index contributed by atoms with van der Waals surface area (Å²) < 4.78 is 5.85. The minimum atomic E-state index is 0.439. The first-order chi connectivity index (χ1) is 10.2. The summed E-state index contributed by atoms with van der Waals surface area (Å²) >= 11 is 13.6. The maximum atomic E-state index is 6.14. The predicted molar refractivity (Wildman–Crippen MR) is 88.1 cm³/mol. The maximum Gasteiger partial charge on any atom is 0.232 e. The smallest absolute Gasteiger partial charge is 0.232 e. The monoisotopic (exact) mass is 339 g/mol. The van der Waals surface area contributed by atoms with Crippen LogP contribution >= 0.6 is 34.5 Å². The van der Waals surface area contributed by atoms with Gasteiger partial charge in [-0.2, -0.15) is 4.98 Å². The van der Waals surface area contributed by atoms with Crippen LogP contribution in [0.3, 0.4) is 0 Å². The van der Waals surface area contributed by atoms with Crippen molar-refractivity contribution in [2.24, 2.45) is 0 Å². The molecule has 0 fully saturated rings. The van der Waals surface area contributed by atoms with Crippen LogP contribution in [0.5, 0.6) is 11.6 Å². The zero-order chi connectivity index (χ0) is 14.8. The number of ether oxygens (including phenoxy) is 1. The second-order valence-corrected chi connectivity index (χ2v) is 5.94. The molecule has 0 saturated heterocycles. The van der Waals surface area contributed by atoms with Crippen LogP contribution in [-0.2, 0) is 0 Å². The van der Waals surface area contributed by atoms with E-state index in [4.69, 9.17) is 27.9 Å². The Labute approximate surface area is 135 Å². The highest BCUT2D eigenvalue weighted by atomic mass is 35.5. The molecule has 21 heavy (non-hydrogen) atoms.